The molecule has 2 aromatic rings. The van der Waals surface area contributed by atoms with Crippen LogP contribution in [0.2, 0.25) is 0 Å². The van der Waals surface area contributed by atoms with Gasteiger partial charge in [-0.25, -0.2) is 0 Å². The van der Waals surface area contributed by atoms with Crippen LogP contribution in [0.3, 0.4) is 0 Å². The molecular formula is C14H19N3O2S. The molecule has 5 nitrogen and oxygen atoms in total. The summed E-state index contributed by atoms with van der Waals surface area (Å²) in [6, 6.07) is 7.33. The third-order valence-electron chi connectivity index (χ3n) is 2.46. The SMILES string of the molecule is CC(C)CSCc1noc(COc2ccccc2N)n1. The Hall–Kier alpha value is -1.69. The number of ether oxygens (including phenoxy) is 1. The Balaban J connectivity index is 1.82. The Kier molecular flexibility index (Phi) is 5.29. The maximum Gasteiger partial charge on any atom is 0.264 e. The lowest BCUT2D eigenvalue weighted by Crippen LogP contribution is -1.99. The summed E-state index contributed by atoms with van der Waals surface area (Å²) in [4.78, 5) is 4.29. The highest BCUT2D eigenvalue weighted by atomic mass is 32.2. The van der Waals surface area contributed by atoms with Crippen molar-refractivity contribution < 1.29 is 9.26 Å². The standard InChI is InChI=1S/C14H19N3O2S/c1-10(2)8-20-9-13-16-14(19-17-13)7-18-12-6-4-3-5-11(12)15/h3-6,10H,7-9,15H2,1-2H3. The first-order valence-corrected chi connectivity index (χ1v) is 7.67. The molecule has 108 valence electrons. The molecule has 0 aliphatic heterocycles. The van der Waals surface area contributed by atoms with Crippen LogP contribution in [0.5, 0.6) is 5.75 Å². The average Bonchev–Trinajstić information content (AvgIpc) is 2.85. The quantitative estimate of drug-likeness (QED) is 0.791. The van der Waals surface area contributed by atoms with Crippen LogP contribution in [0.15, 0.2) is 28.8 Å². The van der Waals surface area contributed by atoms with Crippen molar-refractivity contribution in [3.05, 3.63) is 36.0 Å². The molecule has 0 amide bonds. The van der Waals surface area contributed by atoms with Crippen LogP contribution < -0.4 is 10.5 Å². The number of para-hydroxylation sites is 2. The van der Waals surface area contributed by atoms with Crippen LogP contribution in [0.1, 0.15) is 25.6 Å². The molecule has 1 aromatic heterocycles. The van der Waals surface area contributed by atoms with E-state index >= 15 is 0 Å². The highest BCUT2D eigenvalue weighted by Crippen LogP contribution is 2.21. The van der Waals surface area contributed by atoms with Gasteiger partial charge in [-0.2, -0.15) is 16.7 Å². The molecule has 6 heteroatoms. The predicted molar refractivity (Wildman–Crippen MR) is 80.5 cm³/mol. The molecule has 0 aliphatic rings. The van der Waals surface area contributed by atoms with E-state index in [1.54, 1.807) is 17.8 Å². The number of nitrogens with zero attached hydrogens (tertiary/aromatic N) is 2. The van der Waals surface area contributed by atoms with E-state index in [1.807, 2.05) is 18.2 Å². The molecule has 2 rings (SSSR count). The van der Waals surface area contributed by atoms with Crippen LogP contribution in [-0.2, 0) is 12.4 Å². The van der Waals surface area contributed by atoms with Crippen LogP contribution >= 0.6 is 11.8 Å². The van der Waals surface area contributed by atoms with Crippen molar-refractivity contribution in [1.29, 1.82) is 0 Å². The van der Waals surface area contributed by atoms with Gasteiger partial charge in [-0.15, -0.1) is 0 Å². The first-order chi connectivity index (χ1) is 9.65. The minimum atomic E-state index is 0.232. The van der Waals surface area contributed by atoms with Gasteiger partial charge in [-0.05, 0) is 23.8 Å². The van der Waals surface area contributed by atoms with Gasteiger partial charge in [0.15, 0.2) is 12.4 Å². The highest BCUT2D eigenvalue weighted by Gasteiger charge is 2.08. The molecule has 20 heavy (non-hydrogen) atoms. The summed E-state index contributed by atoms with van der Waals surface area (Å²) in [7, 11) is 0. The molecule has 0 saturated heterocycles. The van der Waals surface area contributed by atoms with E-state index in [-0.39, 0.29) is 6.61 Å². The molecule has 0 unspecified atom stereocenters. The average molecular weight is 293 g/mol. The van der Waals surface area contributed by atoms with Gasteiger partial charge in [-0.1, -0.05) is 31.1 Å². The van der Waals surface area contributed by atoms with Gasteiger partial charge < -0.3 is 15.0 Å². The number of rotatable bonds is 7. The second-order valence-electron chi connectivity index (χ2n) is 4.84. The van der Waals surface area contributed by atoms with E-state index in [4.69, 9.17) is 15.0 Å². The highest BCUT2D eigenvalue weighted by molar-refractivity contribution is 7.98. The van der Waals surface area contributed by atoms with Crippen molar-refractivity contribution in [2.24, 2.45) is 5.92 Å². The van der Waals surface area contributed by atoms with Crippen molar-refractivity contribution in [3.63, 3.8) is 0 Å². The molecule has 0 atom stereocenters. The fourth-order valence-electron chi connectivity index (χ4n) is 1.54. The Morgan fingerprint density at radius 2 is 2.15 bits per heavy atom. The monoisotopic (exact) mass is 293 g/mol. The van der Waals surface area contributed by atoms with Gasteiger partial charge >= 0.3 is 0 Å². The normalized spacial score (nSPS) is 10.9. The molecular weight excluding hydrogens is 274 g/mol. The Morgan fingerprint density at radius 3 is 2.90 bits per heavy atom. The first kappa shape index (κ1) is 14.7. The number of nitrogen functional groups attached to an aromatic ring is 1. The second-order valence-corrected chi connectivity index (χ2v) is 5.87. The van der Waals surface area contributed by atoms with E-state index < -0.39 is 0 Å². The van der Waals surface area contributed by atoms with E-state index in [0.717, 1.165) is 11.5 Å². The molecule has 0 bridgehead atoms. The van der Waals surface area contributed by atoms with Crippen LogP contribution in [0, 0.1) is 5.92 Å². The van der Waals surface area contributed by atoms with Gasteiger partial charge in [0.1, 0.15) is 5.75 Å². The van der Waals surface area contributed by atoms with Crippen molar-refractivity contribution in [2.75, 3.05) is 11.5 Å². The van der Waals surface area contributed by atoms with Crippen LogP contribution in [-0.4, -0.2) is 15.9 Å². The number of aromatic nitrogens is 2. The fraction of sp³-hybridized carbons (Fsp3) is 0.429. The Labute approximate surface area is 122 Å². The zero-order valence-electron chi connectivity index (χ0n) is 11.7. The summed E-state index contributed by atoms with van der Waals surface area (Å²) in [6.07, 6.45) is 0. The van der Waals surface area contributed by atoms with Gasteiger partial charge in [0, 0.05) is 0 Å². The largest absolute Gasteiger partial charge is 0.482 e. The summed E-state index contributed by atoms with van der Waals surface area (Å²) < 4.78 is 10.7. The van der Waals surface area contributed by atoms with Crippen molar-refractivity contribution >= 4 is 17.4 Å². The summed E-state index contributed by atoms with van der Waals surface area (Å²) >= 11 is 1.80. The Bertz CT molecular complexity index is 543. The lowest BCUT2D eigenvalue weighted by molar-refractivity contribution is 0.243. The predicted octanol–water partition coefficient (Wildman–Crippen LogP) is 3.12. The minimum Gasteiger partial charge on any atom is -0.482 e. The van der Waals surface area contributed by atoms with Gasteiger partial charge in [-0.3, -0.25) is 0 Å². The number of thioether (sulfide) groups is 1. The molecule has 0 saturated carbocycles. The van der Waals surface area contributed by atoms with Crippen molar-refractivity contribution in [3.8, 4) is 5.75 Å². The van der Waals surface area contributed by atoms with E-state index in [2.05, 4.69) is 24.0 Å². The lowest BCUT2D eigenvalue weighted by Gasteiger charge is -2.05. The maximum atomic E-state index is 5.79. The summed E-state index contributed by atoms with van der Waals surface area (Å²) in [5.41, 5.74) is 6.39. The van der Waals surface area contributed by atoms with E-state index in [9.17, 15) is 0 Å². The van der Waals surface area contributed by atoms with E-state index in [0.29, 0.717) is 29.1 Å². The number of benzene rings is 1. The topological polar surface area (TPSA) is 74.2 Å². The number of anilines is 1. The van der Waals surface area contributed by atoms with Crippen molar-refractivity contribution in [1.82, 2.24) is 10.1 Å². The number of hydrogen-bond donors (Lipinski definition) is 1. The zero-order chi connectivity index (χ0) is 14.4. The molecule has 0 spiro atoms. The summed E-state index contributed by atoms with van der Waals surface area (Å²) in [6.45, 7) is 4.61. The number of hydrogen-bond acceptors (Lipinski definition) is 6. The summed E-state index contributed by atoms with van der Waals surface area (Å²) in [5, 5.41) is 3.93. The van der Waals surface area contributed by atoms with Gasteiger partial charge in [0.25, 0.3) is 5.89 Å². The minimum absolute atomic E-state index is 0.232. The van der Waals surface area contributed by atoms with Gasteiger partial charge in [0.05, 0.1) is 11.4 Å². The smallest absolute Gasteiger partial charge is 0.264 e. The zero-order valence-corrected chi connectivity index (χ0v) is 12.5. The maximum absolute atomic E-state index is 5.79. The molecule has 0 fully saturated rings. The third-order valence-corrected chi connectivity index (χ3v) is 3.83. The van der Waals surface area contributed by atoms with Crippen LogP contribution in [0.25, 0.3) is 0 Å². The molecule has 1 aromatic carbocycles. The fourth-order valence-corrected chi connectivity index (χ4v) is 2.43. The van der Waals surface area contributed by atoms with E-state index in [1.165, 1.54) is 0 Å². The first-order valence-electron chi connectivity index (χ1n) is 6.51. The number of nitrogens with two attached hydrogens (primary N) is 1. The lowest BCUT2D eigenvalue weighted by atomic mass is 10.3. The molecule has 1 heterocycles. The third kappa shape index (κ3) is 4.45. The molecule has 0 aliphatic carbocycles. The summed E-state index contributed by atoms with van der Waals surface area (Å²) in [5.74, 6) is 4.30. The second kappa shape index (κ2) is 7.19. The molecule has 0 radical (unpaired) electrons. The van der Waals surface area contributed by atoms with Gasteiger partial charge in [0.2, 0.25) is 0 Å². The van der Waals surface area contributed by atoms with Crippen LogP contribution in [0.4, 0.5) is 5.69 Å². The molecule has 2 N–H and O–H groups in total. The Morgan fingerprint density at radius 1 is 1.35 bits per heavy atom. The van der Waals surface area contributed by atoms with Crippen molar-refractivity contribution in [2.45, 2.75) is 26.2 Å².